The van der Waals surface area contributed by atoms with E-state index in [-0.39, 0.29) is 11.9 Å². The monoisotopic (exact) mass is 298 g/mol. The largest absolute Gasteiger partial charge is 0.351 e. The molecule has 1 aliphatic heterocycles. The lowest BCUT2D eigenvalue weighted by molar-refractivity contribution is -0.125. The Morgan fingerprint density at radius 3 is 2.82 bits per heavy atom. The first-order valence-electron chi connectivity index (χ1n) is 8.56. The van der Waals surface area contributed by atoms with E-state index in [9.17, 15) is 4.79 Å². The molecule has 3 rings (SSSR count). The van der Waals surface area contributed by atoms with Gasteiger partial charge in [0.1, 0.15) is 0 Å². The third-order valence-corrected chi connectivity index (χ3v) is 4.77. The van der Waals surface area contributed by atoms with Crippen LogP contribution in [0.5, 0.6) is 0 Å². The summed E-state index contributed by atoms with van der Waals surface area (Å²) in [6.45, 7) is 2.64. The second kappa shape index (κ2) is 7.59. The van der Waals surface area contributed by atoms with E-state index in [1.54, 1.807) is 0 Å². The molecule has 1 amide bonds. The number of nitrogens with zero attached hydrogens (tertiary/aromatic N) is 1. The van der Waals surface area contributed by atoms with Gasteiger partial charge in [-0.3, -0.25) is 9.69 Å². The predicted octanol–water partition coefficient (Wildman–Crippen LogP) is 3.27. The highest BCUT2D eigenvalue weighted by Crippen LogP contribution is 2.21. The summed E-state index contributed by atoms with van der Waals surface area (Å²) in [7, 11) is 0. The van der Waals surface area contributed by atoms with Gasteiger partial charge in [-0.25, -0.2) is 0 Å². The Balaban J connectivity index is 1.53. The van der Waals surface area contributed by atoms with Gasteiger partial charge in [0.25, 0.3) is 0 Å². The molecule has 118 valence electrons. The molecule has 1 aliphatic carbocycles. The van der Waals surface area contributed by atoms with Gasteiger partial charge in [0, 0.05) is 13.1 Å². The molecule has 0 bridgehead atoms. The molecule has 1 saturated heterocycles. The zero-order chi connectivity index (χ0) is 15.2. The molecule has 0 spiro atoms. The maximum atomic E-state index is 12.5. The number of nitrogens with one attached hydrogen (secondary N) is 1. The zero-order valence-corrected chi connectivity index (χ0v) is 13.3. The van der Waals surface area contributed by atoms with Crippen molar-refractivity contribution >= 4 is 5.91 Å². The van der Waals surface area contributed by atoms with Gasteiger partial charge < -0.3 is 5.32 Å². The van der Waals surface area contributed by atoms with E-state index in [1.165, 1.54) is 30.4 Å². The number of likely N-dealkylation sites (tertiary alicyclic amines) is 1. The molecule has 1 fully saturated rings. The van der Waals surface area contributed by atoms with E-state index in [4.69, 9.17) is 0 Å². The fourth-order valence-electron chi connectivity index (χ4n) is 3.51. The Hall–Kier alpha value is -1.61. The number of rotatable bonds is 5. The van der Waals surface area contributed by atoms with Gasteiger partial charge in [0.15, 0.2) is 0 Å². The van der Waals surface area contributed by atoms with Crippen molar-refractivity contribution in [2.45, 2.75) is 51.1 Å². The lowest BCUT2D eigenvalue weighted by atomic mass is 9.99. The van der Waals surface area contributed by atoms with Crippen molar-refractivity contribution in [1.82, 2.24) is 10.2 Å². The molecule has 0 saturated carbocycles. The molecule has 1 aromatic carbocycles. The van der Waals surface area contributed by atoms with Crippen LogP contribution < -0.4 is 5.32 Å². The molecule has 3 heteroatoms. The molecular formula is C19H26N2O. The quantitative estimate of drug-likeness (QED) is 0.846. The van der Waals surface area contributed by atoms with Crippen LogP contribution in [-0.2, 0) is 11.3 Å². The van der Waals surface area contributed by atoms with Crippen molar-refractivity contribution in [1.29, 1.82) is 0 Å². The Morgan fingerprint density at radius 1 is 1.18 bits per heavy atom. The normalized spacial score (nSPS) is 22.4. The van der Waals surface area contributed by atoms with Crippen LogP contribution in [0.4, 0.5) is 0 Å². The van der Waals surface area contributed by atoms with Gasteiger partial charge in [-0.1, -0.05) is 42.0 Å². The van der Waals surface area contributed by atoms with Crippen LogP contribution in [0, 0.1) is 0 Å². The fraction of sp³-hybridized carbons (Fsp3) is 0.526. The lowest BCUT2D eigenvalue weighted by Gasteiger charge is -2.24. The molecule has 2 aliphatic rings. The van der Waals surface area contributed by atoms with E-state index in [2.05, 4.69) is 40.6 Å². The Labute approximate surface area is 133 Å². The van der Waals surface area contributed by atoms with Crippen molar-refractivity contribution in [3.05, 3.63) is 47.5 Å². The second-order valence-electron chi connectivity index (χ2n) is 6.44. The Kier molecular flexibility index (Phi) is 5.28. The number of benzene rings is 1. The van der Waals surface area contributed by atoms with Gasteiger partial charge in [-0.05, 0) is 50.6 Å². The molecule has 0 aromatic heterocycles. The summed E-state index contributed by atoms with van der Waals surface area (Å²) >= 11 is 0. The lowest BCUT2D eigenvalue weighted by Crippen LogP contribution is -2.43. The average molecular weight is 298 g/mol. The Bertz CT molecular complexity index is 523. The number of amides is 1. The number of allylic oxidation sites excluding steroid dienone is 1. The van der Waals surface area contributed by atoms with E-state index in [0.29, 0.717) is 0 Å². The number of hydrogen-bond donors (Lipinski definition) is 1. The minimum absolute atomic E-state index is 0.0457. The van der Waals surface area contributed by atoms with E-state index in [1.807, 2.05) is 6.07 Å². The van der Waals surface area contributed by atoms with E-state index >= 15 is 0 Å². The predicted molar refractivity (Wildman–Crippen MR) is 89.4 cm³/mol. The standard InChI is InChI=1S/C19H26N2O/c22-19(20-14-16-8-3-1-4-9-16)18-12-7-13-21(18)15-17-10-5-2-6-11-17/h2,5-6,8,10-11,18H,1,3-4,7,9,12-15H2,(H,20,22)/t18-/m0/s1. The number of hydrogen-bond acceptors (Lipinski definition) is 2. The van der Waals surface area contributed by atoms with Gasteiger partial charge in [0.2, 0.25) is 5.91 Å². The molecule has 1 atom stereocenters. The highest BCUT2D eigenvalue weighted by Gasteiger charge is 2.30. The highest BCUT2D eigenvalue weighted by atomic mass is 16.2. The number of carbonyl (C=O) groups excluding carboxylic acids is 1. The average Bonchev–Trinajstić information content (AvgIpc) is 3.03. The Morgan fingerprint density at radius 2 is 2.05 bits per heavy atom. The van der Waals surface area contributed by atoms with Crippen molar-refractivity contribution in [2.24, 2.45) is 0 Å². The molecule has 3 nitrogen and oxygen atoms in total. The van der Waals surface area contributed by atoms with Gasteiger partial charge in [0.05, 0.1) is 6.04 Å². The van der Waals surface area contributed by atoms with Crippen LogP contribution in [-0.4, -0.2) is 29.9 Å². The summed E-state index contributed by atoms with van der Waals surface area (Å²) in [5.74, 6) is 0.208. The summed E-state index contributed by atoms with van der Waals surface area (Å²) in [6.07, 6.45) is 9.30. The molecule has 1 heterocycles. The van der Waals surface area contributed by atoms with Crippen molar-refractivity contribution in [3.63, 3.8) is 0 Å². The van der Waals surface area contributed by atoms with E-state index < -0.39 is 0 Å². The summed E-state index contributed by atoms with van der Waals surface area (Å²) in [6, 6.07) is 10.5. The first kappa shape index (κ1) is 15.3. The molecule has 22 heavy (non-hydrogen) atoms. The highest BCUT2D eigenvalue weighted by molar-refractivity contribution is 5.82. The zero-order valence-electron chi connectivity index (χ0n) is 13.3. The minimum Gasteiger partial charge on any atom is -0.351 e. The SMILES string of the molecule is O=C(NCC1=CCCCC1)[C@@H]1CCCN1Cc1ccccc1. The van der Waals surface area contributed by atoms with E-state index in [0.717, 1.165) is 38.9 Å². The van der Waals surface area contributed by atoms with Crippen LogP contribution in [0.25, 0.3) is 0 Å². The van der Waals surface area contributed by atoms with Crippen LogP contribution in [0.3, 0.4) is 0 Å². The van der Waals surface area contributed by atoms with Gasteiger partial charge in [-0.15, -0.1) is 0 Å². The minimum atomic E-state index is 0.0457. The van der Waals surface area contributed by atoms with Crippen molar-refractivity contribution < 1.29 is 4.79 Å². The first-order valence-corrected chi connectivity index (χ1v) is 8.56. The summed E-state index contributed by atoms with van der Waals surface area (Å²) < 4.78 is 0. The maximum Gasteiger partial charge on any atom is 0.237 e. The van der Waals surface area contributed by atoms with Crippen LogP contribution in [0.1, 0.15) is 44.1 Å². The van der Waals surface area contributed by atoms with Crippen molar-refractivity contribution in [3.8, 4) is 0 Å². The summed E-state index contributed by atoms with van der Waals surface area (Å²) in [5.41, 5.74) is 2.70. The topological polar surface area (TPSA) is 32.3 Å². The van der Waals surface area contributed by atoms with Crippen molar-refractivity contribution in [2.75, 3.05) is 13.1 Å². The van der Waals surface area contributed by atoms with Crippen LogP contribution in [0.2, 0.25) is 0 Å². The smallest absolute Gasteiger partial charge is 0.237 e. The maximum absolute atomic E-state index is 12.5. The third-order valence-electron chi connectivity index (χ3n) is 4.77. The number of carbonyl (C=O) groups is 1. The molecule has 0 radical (unpaired) electrons. The molecule has 1 aromatic rings. The molecular weight excluding hydrogens is 272 g/mol. The third kappa shape index (κ3) is 3.98. The van der Waals surface area contributed by atoms with Crippen LogP contribution in [0.15, 0.2) is 42.0 Å². The summed E-state index contributed by atoms with van der Waals surface area (Å²) in [5, 5.41) is 3.16. The summed E-state index contributed by atoms with van der Waals surface area (Å²) in [4.78, 5) is 14.8. The fourth-order valence-corrected chi connectivity index (χ4v) is 3.51. The van der Waals surface area contributed by atoms with Crippen LogP contribution >= 0.6 is 0 Å². The van der Waals surface area contributed by atoms with Gasteiger partial charge >= 0.3 is 0 Å². The first-order chi connectivity index (χ1) is 10.8. The van der Waals surface area contributed by atoms with Gasteiger partial charge in [-0.2, -0.15) is 0 Å². The second-order valence-corrected chi connectivity index (χ2v) is 6.44. The molecule has 0 unspecified atom stereocenters. The molecule has 1 N–H and O–H groups in total.